The normalized spacial score (nSPS) is 27.8. The fourth-order valence-corrected chi connectivity index (χ4v) is 6.10. The first-order chi connectivity index (χ1) is 17.3. The molecule has 1 N–H and O–H groups in total. The second kappa shape index (κ2) is 10.1. The monoisotopic (exact) mass is 489 g/mol. The largest absolute Gasteiger partial charge is 0.370 e. The summed E-state index contributed by atoms with van der Waals surface area (Å²) in [6.45, 7) is 4.39. The van der Waals surface area contributed by atoms with Gasteiger partial charge in [-0.15, -0.1) is 0 Å². The van der Waals surface area contributed by atoms with Crippen LogP contribution in [0.1, 0.15) is 56.8 Å². The van der Waals surface area contributed by atoms with E-state index in [4.69, 9.17) is 4.74 Å². The van der Waals surface area contributed by atoms with Crippen LogP contribution in [-0.2, 0) is 16.0 Å². The van der Waals surface area contributed by atoms with E-state index in [1.54, 1.807) is 24.3 Å². The Morgan fingerprint density at radius 1 is 1.03 bits per heavy atom. The number of benzene rings is 3. The third kappa shape index (κ3) is 5.22. The summed E-state index contributed by atoms with van der Waals surface area (Å²) in [7, 11) is 0. The van der Waals surface area contributed by atoms with Crippen molar-refractivity contribution in [2.24, 2.45) is 11.8 Å². The molecular formula is C31H33F2NO2. The van der Waals surface area contributed by atoms with Gasteiger partial charge in [0.1, 0.15) is 11.6 Å². The molecule has 5 rings (SSSR count). The number of hydrogen-bond acceptors (Lipinski definition) is 2. The Labute approximate surface area is 211 Å². The number of halogens is 2. The van der Waals surface area contributed by atoms with Crippen molar-refractivity contribution in [3.8, 4) is 11.1 Å². The van der Waals surface area contributed by atoms with Gasteiger partial charge in [0.2, 0.25) is 5.91 Å². The van der Waals surface area contributed by atoms with Gasteiger partial charge in [0.15, 0.2) is 0 Å². The summed E-state index contributed by atoms with van der Waals surface area (Å²) in [5, 5.41) is 3.35. The molecule has 1 saturated carbocycles. The number of rotatable bonds is 5. The van der Waals surface area contributed by atoms with E-state index in [1.807, 2.05) is 30.3 Å². The van der Waals surface area contributed by atoms with Crippen LogP contribution in [0.2, 0.25) is 0 Å². The Morgan fingerprint density at radius 3 is 2.58 bits per heavy atom. The molecule has 36 heavy (non-hydrogen) atoms. The molecule has 1 saturated heterocycles. The molecule has 0 radical (unpaired) electrons. The van der Waals surface area contributed by atoms with E-state index >= 15 is 0 Å². The van der Waals surface area contributed by atoms with Crippen molar-refractivity contribution in [2.75, 3.05) is 0 Å². The van der Waals surface area contributed by atoms with Crippen LogP contribution in [-0.4, -0.2) is 17.6 Å². The first-order valence-electron chi connectivity index (χ1n) is 12.9. The molecule has 0 aromatic heterocycles. The number of carbonyl (C=O) groups excluding carboxylic acids is 1. The van der Waals surface area contributed by atoms with Crippen molar-refractivity contribution >= 4 is 5.91 Å². The molecular weight excluding hydrogens is 456 g/mol. The second-order valence-electron chi connectivity index (χ2n) is 10.8. The lowest BCUT2D eigenvalue weighted by molar-refractivity contribution is -0.153. The molecule has 1 aliphatic carbocycles. The first kappa shape index (κ1) is 24.6. The van der Waals surface area contributed by atoms with Crippen LogP contribution in [0, 0.1) is 23.5 Å². The van der Waals surface area contributed by atoms with Crippen LogP contribution >= 0.6 is 0 Å². The number of amides is 1. The summed E-state index contributed by atoms with van der Waals surface area (Å²) in [6.07, 6.45) is 3.75. The molecule has 3 nitrogen and oxygen atoms in total. The second-order valence-corrected chi connectivity index (χ2v) is 10.8. The smallest absolute Gasteiger partial charge is 0.224 e. The SMILES string of the molecule is C[C@H]1CC[C@H]2[C@H](C1)O[C@H](c1cccc(-c3ccccc3F)c1)C[C@]2(C)NC(=O)Cc1ccc(F)cc1. The van der Waals surface area contributed by atoms with Gasteiger partial charge in [0.25, 0.3) is 0 Å². The molecule has 0 unspecified atom stereocenters. The molecule has 5 atom stereocenters. The molecule has 1 amide bonds. The molecule has 1 aliphatic heterocycles. The number of hydrogen-bond donors (Lipinski definition) is 1. The maximum absolute atomic E-state index is 14.5. The van der Waals surface area contributed by atoms with Gasteiger partial charge in [0.05, 0.1) is 18.6 Å². The molecule has 5 heteroatoms. The Hall–Kier alpha value is -3.05. The van der Waals surface area contributed by atoms with E-state index in [9.17, 15) is 13.6 Å². The lowest BCUT2D eigenvalue weighted by Crippen LogP contribution is -2.60. The van der Waals surface area contributed by atoms with Crippen LogP contribution < -0.4 is 5.32 Å². The first-order valence-corrected chi connectivity index (χ1v) is 12.9. The van der Waals surface area contributed by atoms with Gasteiger partial charge >= 0.3 is 0 Å². The minimum Gasteiger partial charge on any atom is -0.370 e. The van der Waals surface area contributed by atoms with Gasteiger partial charge in [-0.2, -0.15) is 0 Å². The van der Waals surface area contributed by atoms with Crippen molar-refractivity contribution in [1.29, 1.82) is 0 Å². The fraction of sp³-hybridized carbons (Fsp3) is 0.387. The van der Waals surface area contributed by atoms with Crippen LogP contribution in [0.5, 0.6) is 0 Å². The van der Waals surface area contributed by atoms with Gasteiger partial charge in [-0.1, -0.05) is 61.9 Å². The summed E-state index contributed by atoms with van der Waals surface area (Å²) < 4.78 is 34.5. The van der Waals surface area contributed by atoms with E-state index in [2.05, 4.69) is 19.2 Å². The fourth-order valence-electron chi connectivity index (χ4n) is 6.10. The van der Waals surface area contributed by atoms with E-state index < -0.39 is 5.54 Å². The van der Waals surface area contributed by atoms with E-state index in [0.717, 1.165) is 36.0 Å². The Kier molecular flexibility index (Phi) is 6.94. The zero-order valence-corrected chi connectivity index (χ0v) is 20.8. The van der Waals surface area contributed by atoms with Gasteiger partial charge in [-0.25, -0.2) is 8.78 Å². The zero-order valence-electron chi connectivity index (χ0n) is 20.8. The standard InChI is InChI=1S/C31H33F2NO2/c1-20-10-15-26-28(16-20)36-29(23-7-5-6-22(18-23)25-8-3-4-9-27(25)33)19-31(26,2)34-30(35)17-21-11-13-24(32)14-12-21/h3-9,11-14,18,20,26,28-29H,10,15-17,19H2,1-2H3,(H,34,35)/t20-,26-,28-,29-,31-/m0/s1. The molecule has 2 fully saturated rings. The minimum absolute atomic E-state index is 0.0424. The predicted octanol–water partition coefficient (Wildman–Crippen LogP) is 7.02. The van der Waals surface area contributed by atoms with Gasteiger partial charge < -0.3 is 10.1 Å². The number of ether oxygens (including phenoxy) is 1. The zero-order chi connectivity index (χ0) is 25.3. The van der Waals surface area contributed by atoms with Gasteiger partial charge in [0, 0.05) is 23.4 Å². The minimum atomic E-state index is -0.446. The third-order valence-electron chi connectivity index (χ3n) is 7.97. The van der Waals surface area contributed by atoms with Crippen LogP contribution in [0.25, 0.3) is 11.1 Å². The van der Waals surface area contributed by atoms with Crippen molar-refractivity contribution in [3.63, 3.8) is 0 Å². The summed E-state index contributed by atoms with van der Waals surface area (Å²) in [5.41, 5.74) is 2.71. The highest BCUT2D eigenvalue weighted by atomic mass is 19.1. The van der Waals surface area contributed by atoms with E-state index in [0.29, 0.717) is 17.9 Å². The van der Waals surface area contributed by atoms with Crippen LogP contribution in [0.15, 0.2) is 72.8 Å². The number of fused-ring (bicyclic) bond motifs is 1. The summed E-state index contributed by atoms with van der Waals surface area (Å²) in [4.78, 5) is 13.1. The van der Waals surface area contributed by atoms with Crippen molar-refractivity contribution < 1.29 is 18.3 Å². The van der Waals surface area contributed by atoms with Crippen molar-refractivity contribution in [3.05, 3.63) is 95.6 Å². The summed E-state index contributed by atoms with van der Waals surface area (Å²) >= 11 is 0. The topological polar surface area (TPSA) is 38.3 Å². The highest BCUT2D eigenvalue weighted by molar-refractivity contribution is 5.79. The molecule has 3 aromatic carbocycles. The van der Waals surface area contributed by atoms with E-state index in [-0.39, 0.29) is 42.1 Å². The van der Waals surface area contributed by atoms with Crippen LogP contribution in [0.4, 0.5) is 8.78 Å². The molecule has 188 valence electrons. The van der Waals surface area contributed by atoms with Gasteiger partial charge in [-0.3, -0.25) is 4.79 Å². The Bertz CT molecular complexity index is 1230. The maximum Gasteiger partial charge on any atom is 0.224 e. The Morgan fingerprint density at radius 2 is 1.81 bits per heavy atom. The average molecular weight is 490 g/mol. The molecule has 0 bridgehead atoms. The predicted molar refractivity (Wildman–Crippen MR) is 137 cm³/mol. The third-order valence-corrected chi connectivity index (χ3v) is 7.97. The van der Waals surface area contributed by atoms with E-state index in [1.165, 1.54) is 18.2 Å². The highest BCUT2D eigenvalue weighted by Gasteiger charge is 2.49. The quantitative estimate of drug-likeness (QED) is 0.418. The van der Waals surface area contributed by atoms with Crippen molar-refractivity contribution in [2.45, 2.75) is 63.7 Å². The summed E-state index contributed by atoms with van der Waals surface area (Å²) in [6, 6.07) is 20.8. The highest BCUT2D eigenvalue weighted by Crippen LogP contribution is 2.48. The molecule has 1 heterocycles. The molecule has 3 aromatic rings. The lowest BCUT2D eigenvalue weighted by atomic mass is 9.66. The maximum atomic E-state index is 14.5. The Balaban J connectivity index is 1.41. The van der Waals surface area contributed by atoms with Crippen LogP contribution in [0.3, 0.4) is 0 Å². The number of carbonyl (C=O) groups is 1. The lowest BCUT2D eigenvalue weighted by Gasteiger charge is -2.52. The van der Waals surface area contributed by atoms with Gasteiger partial charge in [-0.05, 0) is 66.6 Å². The average Bonchev–Trinajstić information content (AvgIpc) is 2.85. The number of nitrogens with one attached hydrogen (secondary N) is 1. The molecule has 2 aliphatic rings. The molecule has 0 spiro atoms. The van der Waals surface area contributed by atoms with Crippen molar-refractivity contribution in [1.82, 2.24) is 5.32 Å². The summed E-state index contributed by atoms with van der Waals surface area (Å²) in [5.74, 6) is 0.154.